The molecule has 0 amide bonds. The number of carbonyl (C=O) groups is 1. The predicted molar refractivity (Wildman–Crippen MR) is 92.2 cm³/mol. The monoisotopic (exact) mass is 407 g/mol. The Labute approximate surface area is 158 Å². The average Bonchev–Trinajstić information content (AvgIpc) is 2.62. The molecule has 154 valence electrons. The summed E-state index contributed by atoms with van der Waals surface area (Å²) in [5.74, 6) is 0.929. The highest BCUT2D eigenvalue weighted by Gasteiger charge is 2.36. The maximum Gasteiger partial charge on any atom is 0.416 e. The van der Waals surface area contributed by atoms with Crippen LogP contribution >= 0.6 is 0 Å². The van der Waals surface area contributed by atoms with Crippen molar-refractivity contribution in [1.29, 1.82) is 0 Å². The van der Waals surface area contributed by atoms with Gasteiger partial charge in [-0.05, 0) is 55.8 Å². The summed E-state index contributed by atoms with van der Waals surface area (Å²) in [7, 11) is 0. The van der Waals surface area contributed by atoms with Crippen molar-refractivity contribution in [1.82, 2.24) is 0 Å². The molecule has 0 spiro atoms. The summed E-state index contributed by atoms with van der Waals surface area (Å²) in [6.45, 7) is 3.40. The normalized spacial score (nSPS) is 11.4. The molecule has 0 aromatic heterocycles. The SMILES string of the molecule is CCOc1ccc(CCN)cc1.O=Cc1cc(C(F)(F)F)cc(C(F)(F)F)c1. The quantitative estimate of drug-likeness (QED) is 0.553. The molecule has 2 rings (SSSR count). The lowest BCUT2D eigenvalue weighted by Gasteiger charge is -2.12. The van der Waals surface area contributed by atoms with Crippen LogP contribution in [0.15, 0.2) is 42.5 Å². The standard InChI is InChI=1S/C10H15NO.C9H4F6O/c1-2-12-10-5-3-9(4-6-10)7-8-11;10-8(11,12)6-1-5(4-16)2-7(3-6)9(13,14)15/h3-6H,2,7-8,11H2,1H3;1-4H. The molecule has 0 fully saturated rings. The van der Waals surface area contributed by atoms with E-state index in [0.717, 1.165) is 18.8 Å². The van der Waals surface area contributed by atoms with Crippen LogP contribution in [0.4, 0.5) is 26.3 Å². The summed E-state index contributed by atoms with van der Waals surface area (Å²) in [4.78, 5) is 10.2. The Morgan fingerprint density at radius 2 is 1.43 bits per heavy atom. The van der Waals surface area contributed by atoms with Crippen LogP contribution in [-0.4, -0.2) is 19.4 Å². The molecular weight excluding hydrogens is 388 g/mol. The van der Waals surface area contributed by atoms with Gasteiger partial charge in [0.2, 0.25) is 0 Å². The summed E-state index contributed by atoms with van der Waals surface area (Å²) in [5.41, 5.74) is 3.03. The van der Waals surface area contributed by atoms with E-state index in [1.54, 1.807) is 0 Å². The molecule has 0 unspecified atom stereocenters. The highest BCUT2D eigenvalue weighted by atomic mass is 19.4. The van der Waals surface area contributed by atoms with Crippen LogP contribution in [0, 0.1) is 0 Å². The summed E-state index contributed by atoms with van der Waals surface area (Å²) in [6.07, 6.45) is -8.96. The number of rotatable bonds is 5. The molecule has 2 aromatic carbocycles. The Morgan fingerprint density at radius 3 is 1.79 bits per heavy atom. The zero-order chi connectivity index (χ0) is 21.4. The average molecular weight is 407 g/mol. The van der Waals surface area contributed by atoms with Crippen molar-refractivity contribution in [3.05, 3.63) is 64.7 Å². The molecule has 2 N–H and O–H groups in total. The molecule has 0 heterocycles. The fourth-order valence-electron chi connectivity index (χ4n) is 2.13. The number of ether oxygens (including phenoxy) is 1. The van der Waals surface area contributed by atoms with E-state index in [1.165, 1.54) is 5.56 Å². The maximum atomic E-state index is 12.2. The van der Waals surface area contributed by atoms with E-state index < -0.39 is 29.0 Å². The molecule has 0 aliphatic carbocycles. The molecule has 0 aliphatic rings. The smallest absolute Gasteiger partial charge is 0.416 e. The van der Waals surface area contributed by atoms with E-state index in [1.807, 2.05) is 19.1 Å². The van der Waals surface area contributed by atoms with Gasteiger partial charge in [-0.2, -0.15) is 26.3 Å². The van der Waals surface area contributed by atoms with Crippen LogP contribution in [0.2, 0.25) is 0 Å². The third kappa shape index (κ3) is 7.59. The third-order valence-corrected chi connectivity index (χ3v) is 3.41. The highest BCUT2D eigenvalue weighted by molar-refractivity contribution is 5.75. The number of carbonyl (C=O) groups excluding carboxylic acids is 1. The van der Waals surface area contributed by atoms with Gasteiger partial charge in [0.15, 0.2) is 0 Å². The topological polar surface area (TPSA) is 52.3 Å². The van der Waals surface area contributed by atoms with Gasteiger partial charge in [-0.25, -0.2) is 0 Å². The summed E-state index contributed by atoms with van der Waals surface area (Å²) < 4.78 is 78.4. The van der Waals surface area contributed by atoms with Gasteiger partial charge in [0.1, 0.15) is 12.0 Å². The molecular formula is C19H19F6NO2. The van der Waals surface area contributed by atoms with Crippen LogP contribution in [0.3, 0.4) is 0 Å². The Morgan fingerprint density at radius 1 is 0.929 bits per heavy atom. The largest absolute Gasteiger partial charge is 0.494 e. The molecule has 3 nitrogen and oxygen atoms in total. The number of hydrogen-bond acceptors (Lipinski definition) is 3. The van der Waals surface area contributed by atoms with E-state index in [4.69, 9.17) is 10.5 Å². The van der Waals surface area contributed by atoms with Gasteiger partial charge >= 0.3 is 12.4 Å². The molecule has 9 heteroatoms. The first-order chi connectivity index (χ1) is 13.0. The second-order valence-electron chi connectivity index (χ2n) is 5.57. The van der Waals surface area contributed by atoms with Crippen molar-refractivity contribution in [3.63, 3.8) is 0 Å². The van der Waals surface area contributed by atoms with Crippen molar-refractivity contribution in [2.75, 3.05) is 13.2 Å². The Balaban J connectivity index is 0.000000292. The van der Waals surface area contributed by atoms with Crippen molar-refractivity contribution in [2.45, 2.75) is 25.7 Å². The second-order valence-corrected chi connectivity index (χ2v) is 5.57. The van der Waals surface area contributed by atoms with Gasteiger partial charge in [-0.1, -0.05) is 12.1 Å². The molecule has 0 radical (unpaired) electrons. The van der Waals surface area contributed by atoms with Crippen LogP contribution < -0.4 is 10.5 Å². The van der Waals surface area contributed by atoms with Crippen LogP contribution in [0.25, 0.3) is 0 Å². The van der Waals surface area contributed by atoms with Crippen molar-refractivity contribution >= 4 is 6.29 Å². The number of benzene rings is 2. The third-order valence-electron chi connectivity index (χ3n) is 3.41. The van der Waals surface area contributed by atoms with Crippen molar-refractivity contribution in [2.24, 2.45) is 5.73 Å². The molecule has 0 aliphatic heterocycles. The van der Waals surface area contributed by atoms with Crippen molar-refractivity contribution in [3.8, 4) is 5.75 Å². The molecule has 0 saturated carbocycles. The number of nitrogens with two attached hydrogens (primary N) is 1. The lowest BCUT2D eigenvalue weighted by atomic mass is 10.1. The lowest BCUT2D eigenvalue weighted by Crippen LogP contribution is -2.11. The van der Waals surface area contributed by atoms with Gasteiger partial charge in [-0.3, -0.25) is 4.79 Å². The Bertz CT molecular complexity index is 697. The first kappa shape index (κ1) is 23.5. The minimum atomic E-state index is -4.92. The first-order valence-electron chi connectivity index (χ1n) is 8.17. The van der Waals surface area contributed by atoms with Crippen molar-refractivity contribution < 1.29 is 35.9 Å². The van der Waals surface area contributed by atoms with E-state index in [-0.39, 0.29) is 12.4 Å². The summed E-state index contributed by atoms with van der Waals surface area (Å²) in [5, 5.41) is 0. The number of hydrogen-bond donors (Lipinski definition) is 1. The first-order valence-corrected chi connectivity index (χ1v) is 8.17. The van der Waals surface area contributed by atoms with Gasteiger partial charge in [0, 0.05) is 5.56 Å². The van der Waals surface area contributed by atoms with Crippen LogP contribution in [0.5, 0.6) is 5.75 Å². The highest BCUT2D eigenvalue weighted by Crippen LogP contribution is 2.35. The van der Waals surface area contributed by atoms with Crippen LogP contribution in [-0.2, 0) is 18.8 Å². The maximum absolute atomic E-state index is 12.2. The fraction of sp³-hybridized carbons (Fsp3) is 0.316. The number of halogens is 6. The second kappa shape index (κ2) is 10.1. The number of alkyl halides is 6. The summed E-state index contributed by atoms with van der Waals surface area (Å²) >= 11 is 0. The number of aldehydes is 1. The zero-order valence-electron chi connectivity index (χ0n) is 14.9. The Hall–Kier alpha value is -2.55. The molecule has 28 heavy (non-hydrogen) atoms. The summed E-state index contributed by atoms with van der Waals surface area (Å²) in [6, 6.07) is 8.76. The van der Waals surface area contributed by atoms with Gasteiger partial charge in [0.05, 0.1) is 17.7 Å². The molecule has 0 saturated heterocycles. The minimum Gasteiger partial charge on any atom is -0.494 e. The lowest BCUT2D eigenvalue weighted by molar-refractivity contribution is -0.143. The fourth-order valence-corrected chi connectivity index (χ4v) is 2.13. The van der Waals surface area contributed by atoms with E-state index in [2.05, 4.69) is 12.1 Å². The minimum absolute atomic E-state index is 0.0347. The van der Waals surface area contributed by atoms with E-state index >= 15 is 0 Å². The van der Waals surface area contributed by atoms with Gasteiger partial charge < -0.3 is 10.5 Å². The van der Waals surface area contributed by atoms with E-state index in [0.29, 0.717) is 18.7 Å². The molecule has 0 atom stereocenters. The zero-order valence-corrected chi connectivity index (χ0v) is 14.9. The van der Waals surface area contributed by atoms with E-state index in [9.17, 15) is 31.1 Å². The van der Waals surface area contributed by atoms with Crippen LogP contribution in [0.1, 0.15) is 34.0 Å². The Kier molecular flexibility index (Phi) is 8.49. The molecule has 2 aromatic rings. The molecule has 0 bridgehead atoms. The van der Waals surface area contributed by atoms with Gasteiger partial charge in [0.25, 0.3) is 0 Å². The van der Waals surface area contributed by atoms with Gasteiger partial charge in [-0.15, -0.1) is 0 Å². The predicted octanol–water partition coefficient (Wildman–Crippen LogP) is 5.12.